The van der Waals surface area contributed by atoms with Crippen LogP contribution in [0.5, 0.6) is 0 Å². The highest BCUT2D eigenvalue weighted by Crippen LogP contribution is 2.34. The summed E-state index contributed by atoms with van der Waals surface area (Å²) in [6.07, 6.45) is 6.26. The van der Waals surface area contributed by atoms with Crippen LogP contribution < -0.4 is 5.32 Å². The molecule has 3 rings (SSSR count). The lowest BCUT2D eigenvalue weighted by Crippen LogP contribution is -2.16. The van der Waals surface area contributed by atoms with E-state index < -0.39 is 5.97 Å². The molecule has 1 heterocycles. The molecule has 0 aliphatic heterocycles. The van der Waals surface area contributed by atoms with Crippen molar-refractivity contribution in [1.82, 2.24) is 0 Å². The van der Waals surface area contributed by atoms with Gasteiger partial charge in [-0.2, -0.15) is 0 Å². The molecule has 29 heavy (non-hydrogen) atoms. The molecule has 1 aromatic carbocycles. The van der Waals surface area contributed by atoms with Crippen molar-refractivity contribution in [1.29, 1.82) is 0 Å². The molecule has 2 aromatic rings. The minimum Gasteiger partial charge on any atom is -0.454 e. The van der Waals surface area contributed by atoms with Crippen LogP contribution in [0.1, 0.15) is 81.7 Å². The maximum Gasteiger partial charge on any atom is 0.341 e. The van der Waals surface area contributed by atoms with Crippen molar-refractivity contribution in [2.24, 2.45) is 0 Å². The van der Waals surface area contributed by atoms with Gasteiger partial charge >= 0.3 is 5.97 Å². The largest absolute Gasteiger partial charge is 0.454 e. The minimum absolute atomic E-state index is 0.237. The Morgan fingerprint density at radius 1 is 1.07 bits per heavy atom. The van der Waals surface area contributed by atoms with Crippen molar-refractivity contribution in [2.45, 2.75) is 58.8 Å². The molecule has 0 radical (unpaired) electrons. The number of hydrogen-bond acceptors (Lipinski definition) is 5. The summed E-state index contributed by atoms with van der Waals surface area (Å²) in [5.41, 5.74) is 2.90. The monoisotopic (exact) mass is 413 g/mol. The van der Waals surface area contributed by atoms with Crippen LogP contribution in [0, 0.1) is 13.8 Å². The van der Waals surface area contributed by atoms with E-state index in [1.807, 2.05) is 31.2 Å². The van der Waals surface area contributed by atoms with Crippen molar-refractivity contribution in [3.63, 3.8) is 0 Å². The molecule has 0 bridgehead atoms. The number of benzene rings is 1. The van der Waals surface area contributed by atoms with Gasteiger partial charge in [0.05, 0.1) is 5.56 Å². The lowest BCUT2D eigenvalue weighted by Gasteiger charge is -2.22. The second kappa shape index (κ2) is 9.35. The zero-order valence-corrected chi connectivity index (χ0v) is 18.0. The van der Waals surface area contributed by atoms with Crippen molar-refractivity contribution in [3.05, 3.63) is 51.4 Å². The Labute approximate surface area is 175 Å². The lowest BCUT2D eigenvalue weighted by atomic mass is 9.84. The van der Waals surface area contributed by atoms with Gasteiger partial charge in [0.15, 0.2) is 12.4 Å². The van der Waals surface area contributed by atoms with Gasteiger partial charge in [-0.05, 0) is 43.7 Å². The SMILES string of the molecule is CC(=O)Nc1sc(C)c(C)c1C(=O)OCC(=O)c1ccc(C2CCCCC2)cc1. The van der Waals surface area contributed by atoms with Crippen molar-refractivity contribution < 1.29 is 19.1 Å². The third kappa shape index (κ3) is 5.12. The van der Waals surface area contributed by atoms with E-state index in [9.17, 15) is 14.4 Å². The summed E-state index contributed by atoms with van der Waals surface area (Å²) in [6, 6.07) is 7.68. The van der Waals surface area contributed by atoms with Gasteiger partial charge in [0, 0.05) is 17.4 Å². The van der Waals surface area contributed by atoms with Crippen LogP contribution in [0.4, 0.5) is 5.00 Å². The standard InChI is InChI=1S/C23H27NO4S/c1-14-15(2)29-22(24-16(3)25)21(14)23(27)28-13-20(26)19-11-9-18(10-12-19)17-7-5-4-6-8-17/h9-12,17H,4-8,13H2,1-3H3,(H,24,25). The highest BCUT2D eigenvalue weighted by atomic mass is 32.1. The third-order valence-corrected chi connectivity index (χ3v) is 6.65. The fourth-order valence-electron chi connectivity index (χ4n) is 3.78. The van der Waals surface area contributed by atoms with Gasteiger partial charge in [-0.3, -0.25) is 9.59 Å². The number of ketones is 1. The fourth-order valence-corrected chi connectivity index (χ4v) is 4.88. The van der Waals surface area contributed by atoms with Crippen molar-refractivity contribution in [3.8, 4) is 0 Å². The summed E-state index contributed by atoms with van der Waals surface area (Å²) in [6.45, 7) is 4.75. The third-order valence-electron chi connectivity index (χ3n) is 5.52. The summed E-state index contributed by atoms with van der Waals surface area (Å²) in [7, 11) is 0. The summed E-state index contributed by atoms with van der Waals surface area (Å²) in [5.74, 6) is -0.501. The molecule has 154 valence electrons. The highest BCUT2D eigenvalue weighted by Gasteiger charge is 2.23. The molecule has 1 N–H and O–H groups in total. The quantitative estimate of drug-likeness (QED) is 0.508. The molecule has 0 spiro atoms. The van der Waals surface area contributed by atoms with Gasteiger partial charge in [-0.25, -0.2) is 4.79 Å². The molecule has 0 atom stereocenters. The molecule has 6 heteroatoms. The molecule has 1 aromatic heterocycles. The first-order valence-corrected chi connectivity index (χ1v) is 10.9. The predicted molar refractivity (Wildman–Crippen MR) is 115 cm³/mol. The number of carbonyl (C=O) groups is 3. The Kier molecular flexibility index (Phi) is 6.85. The number of ether oxygens (including phenoxy) is 1. The van der Waals surface area contributed by atoms with Crippen LogP contribution in [0.3, 0.4) is 0 Å². The molecule has 0 unspecified atom stereocenters. The maximum atomic E-state index is 12.6. The molecular formula is C23H27NO4S. The predicted octanol–water partition coefficient (Wildman–Crippen LogP) is 5.41. The van der Waals surface area contributed by atoms with Gasteiger partial charge in [0.1, 0.15) is 5.00 Å². The number of anilines is 1. The number of esters is 1. The Morgan fingerprint density at radius 3 is 2.34 bits per heavy atom. The second-order valence-electron chi connectivity index (χ2n) is 7.62. The average molecular weight is 414 g/mol. The molecule has 1 amide bonds. The fraction of sp³-hybridized carbons (Fsp3) is 0.435. The van der Waals surface area contributed by atoms with Crippen molar-refractivity contribution in [2.75, 3.05) is 11.9 Å². The number of thiophene rings is 1. The first-order valence-electron chi connectivity index (χ1n) is 10.0. The van der Waals surface area contributed by atoms with Crippen LogP contribution >= 0.6 is 11.3 Å². The first kappa shape index (κ1) is 21.2. The molecule has 1 fully saturated rings. The lowest BCUT2D eigenvalue weighted by molar-refractivity contribution is -0.114. The van der Waals surface area contributed by atoms with E-state index in [0.717, 1.165) is 10.4 Å². The van der Waals surface area contributed by atoms with E-state index >= 15 is 0 Å². The smallest absolute Gasteiger partial charge is 0.341 e. The van der Waals surface area contributed by atoms with Gasteiger partial charge < -0.3 is 10.1 Å². The average Bonchev–Trinajstić information content (AvgIpc) is 2.99. The topological polar surface area (TPSA) is 72.5 Å². The number of Topliss-reactive ketones (excluding diaryl/α,β-unsaturated/α-hetero) is 1. The first-order chi connectivity index (χ1) is 13.9. The van der Waals surface area contributed by atoms with Gasteiger partial charge in [-0.15, -0.1) is 11.3 Å². The highest BCUT2D eigenvalue weighted by molar-refractivity contribution is 7.16. The summed E-state index contributed by atoms with van der Waals surface area (Å²) in [5, 5.41) is 3.13. The van der Waals surface area contributed by atoms with Crippen LogP contribution in [-0.2, 0) is 9.53 Å². The Hall–Kier alpha value is -2.47. The van der Waals surface area contributed by atoms with E-state index in [-0.39, 0.29) is 18.3 Å². The number of rotatable bonds is 6. The van der Waals surface area contributed by atoms with E-state index in [1.165, 1.54) is 55.9 Å². The van der Waals surface area contributed by atoms with E-state index in [4.69, 9.17) is 4.74 Å². The zero-order chi connectivity index (χ0) is 21.0. The number of carbonyl (C=O) groups excluding carboxylic acids is 3. The molecule has 0 saturated heterocycles. The number of amides is 1. The Balaban J connectivity index is 1.63. The molecule has 5 nitrogen and oxygen atoms in total. The van der Waals surface area contributed by atoms with Gasteiger partial charge in [0.25, 0.3) is 0 Å². The van der Waals surface area contributed by atoms with Crippen LogP contribution in [-0.4, -0.2) is 24.3 Å². The molecule has 1 saturated carbocycles. The van der Waals surface area contributed by atoms with E-state index in [2.05, 4.69) is 5.32 Å². The summed E-state index contributed by atoms with van der Waals surface area (Å²) >= 11 is 1.33. The van der Waals surface area contributed by atoms with Gasteiger partial charge in [0.2, 0.25) is 5.91 Å². The normalized spacial score (nSPS) is 14.4. The molecule has 1 aliphatic rings. The molecular weight excluding hydrogens is 386 g/mol. The van der Waals surface area contributed by atoms with Crippen LogP contribution in [0.25, 0.3) is 0 Å². The van der Waals surface area contributed by atoms with E-state index in [1.54, 1.807) is 6.92 Å². The number of aryl methyl sites for hydroxylation is 1. The van der Waals surface area contributed by atoms with Crippen LogP contribution in [0.2, 0.25) is 0 Å². The summed E-state index contributed by atoms with van der Waals surface area (Å²) < 4.78 is 5.27. The number of hydrogen-bond donors (Lipinski definition) is 1. The van der Waals surface area contributed by atoms with Crippen LogP contribution in [0.15, 0.2) is 24.3 Å². The maximum absolute atomic E-state index is 12.6. The number of nitrogens with one attached hydrogen (secondary N) is 1. The summed E-state index contributed by atoms with van der Waals surface area (Å²) in [4.78, 5) is 37.3. The zero-order valence-electron chi connectivity index (χ0n) is 17.2. The minimum atomic E-state index is -0.595. The van der Waals surface area contributed by atoms with Crippen molar-refractivity contribution >= 4 is 34.0 Å². The Bertz CT molecular complexity index is 908. The van der Waals surface area contributed by atoms with E-state index in [0.29, 0.717) is 22.0 Å². The second-order valence-corrected chi connectivity index (χ2v) is 8.85. The Morgan fingerprint density at radius 2 is 1.72 bits per heavy atom. The van der Waals surface area contributed by atoms with Gasteiger partial charge in [-0.1, -0.05) is 43.5 Å². The molecule has 1 aliphatic carbocycles.